The average Bonchev–Trinajstić information content (AvgIpc) is 3.56. The summed E-state index contributed by atoms with van der Waals surface area (Å²) in [6, 6.07) is 14.2. The lowest BCUT2D eigenvalue weighted by molar-refractivity contribution is -0.116. The van der Waals surface area contributed by atoms with Crippen molar-refractivity contribution in [2.24, 2.45) is 0 Å². The molecule has 0 bridgehead atoms. The summed E-state index contributed by atoms with van der Waals surface area (Å²) in [4.78, 5) is 17.3. The second-order valence-corrected chi connectivity index (χ2v) is 9.24. The van der Waals surface area contributed by atoms with Gasteiger partial charge in [-0.2, -0.15) is 10.2 Å². The Labute approximate surface area is 213 Å². The van der Waals surface area contributed by atoms with Crippen LogP contribution in [0, 0.1) is 13.8 Å². The smallest absolute Gasteiger partial charge is 0.264 e. The van der Waals surface area contributed by atoms with Gasteiger partial charge in [0.15, 0.2) is 17.2 Å². The van der Waals surface area contributed by atoms with Gasteiger partial charge in [0.25, 0.3) is 6.43 Å². The van der Waals surface area contributed by atoms with Crippen molar-refractivity contribution >= 4 is 38.7 Å². The molecule has 0 unspecified atom stereocenters. The van der Waals surface area contributed by atoms with Crippen molar-refractivity contribution in [3.8, 4) is 11.5 Å². The van der Waals surface area contributed by atoms with Crippen molar-refractivity contribution in [1.29, 1.82) is 0 Å². The Morgan fingerprint density at radius 2 is 1.89 bits per heavy atom. The molecule has 36 heavy (non-hydrogen) atoms. The molecule has 0 aliphatic heterocycles. The van der Waals surface area contributed by atoms with E-state index in [1.54, 1.807) is 29.8 Å². The fourth-order valence-corrected chi connectivity index (χ4v) is 4.30. The van der Waals surface area contributed by atoms with Gasteiger partial charge in [-0.05, 0) is 49.7 Å². The molecule has 0 aliphatic carbocycles. The van der Waals surface area contributed by atoms with Crippen molar-refractivity contribution in [2.75, 3.05) is 5.32 Å². The number of carbonyl (C=O) groups is 1. The van der Waals surface area contributed by atoms with Gasteiger partial charge in [0, 0.05) is 21.8 Å². The summed E-state index contributed by atoms with van der Waals surface area (Å²) in [5, 5.41) is 11.8. The first-order valence-electron chi connectivity index (χ1n) is 11.1. The van der Waals surface area contributed by atoms with E-state index in [0.29, 0.717) is 23.8 Å². The number of nitrogens with one attached hydrogen (secondary N) is 1. The van der Waals surface area contributed by atoms with Crippen LogP contribution in [0.1, 0.15) is 28.9 Å². The van der Waals surface area contributed by atoms with E-state index in [1.807, 2.05) is 31.2 Å². The third kappa shape index (κ3) is 4.78. The van der Waals surface area contributed by atoms with Crippen molar-refractivity contribution in [3.05, 3.63) is 81.8 Å². The van der Waals surface area contributed by atoms with Gasteiger partial charge >= 0.3 is 0 Å². The molecule has 4 heterocycles. The highest BCUT2D eigenvalue weighted by Crippen LogP contribution is 2.33. The fourth-order valence-electron chi connectivity index (χ4n) is 4.03. The number of rotatable bonds is 7. The van der Waals surface area contributed by atoms with Crippen LogP contribution in [0.3, 0.4) is 0 Å². The van der Waals surface area contributed by atoms with E-state index in [0.717, 1.165) is 15.7 Å². The molecule has 0 atom stereocenters. The zero-order valence-electron chi connectivity index (χ0n) is 19.4. The maximum atomic E-state index is 13.9. The molecule has 1 aromatic carbocycles. The summed E-state index contributed by atoms with van der Waals surface area (Å²) in [6.07, 6.45) is -1.30. The highest BCUT2D eigenvalue weighted by Gasteiger charge is 2.23. The molecule has 0 saturated heterocycles. The van der Waals surface area contributed by atoms with Gasteiger partial charge in [0.05, 0.1) is 23.9 Å². The van der Waals surface area contributed by atoms with Crippen molar-refractivity contribution < 1.29 is 18.0 Å². The molecule has 184 valence electrons. The molecule has 0 saturated carbocycles. The number of fused-ring (bicyclic) bond motifs is 1. The van der Waals surface area contributed by atoms with Gasteiger partial charge in [-0.15, -0.1) is 0 Å². The number of aromatic nitrogens is 5. The molecule has 8 nitrogen and oxygen atoms in total. The average molecular weight is 555 g/mol. The van der Waals surface area contributed by atoms with Gasteiger partial charge in [0.2, 0.25) is 5.91 Å². The van der Waals surface area contributed by atoms with E-state index < -0.39 is 12.3 Å². The van der Waals surface area contributed by atoms with E-state index in [9.17, 15) is 13.6 Å². The van der Waals surface area contributed by atoms with E-state index in [4.69, 9.17) is 4.42 Å². The zero-order chi connectivity index (χ0) is 25.4. The van der Waals surface area contributed by atoms with Gasteiger partial charge in [-0.3, -0.25) is 9.48 Å². The normalized spacial score (nSPS) is 11.5. The first-order valence-corrected chi connectivity index (χ1v) is 11.9. The molecule has 4 aromatic heterocycles. The second kappa shape index (κ2) is 9.65. The SMILES string of the molecule is Cc1nn(CC(=O)Nc2cc(C)n(Cc3ccc(Br)cc3)n2)c2nc(-c3ccco3)cc(C(F)F)c12. The van der Waals surface area contributed by atoms with Crippen LogP contribution >= 0.6 is 15.9 Å². The first kappa shape index (κ1) is 23.9. The van der Waals surface area contributed by atoms with Crippen molar-refractivity contribution in [1.82, 2.24) is 24.5 Å². The van der Waals surface area contributed by atoms with Crippen molar-refractivity contribution in [2.45, 2.75) is 33.4 Å². The van der Waals surface area contributed by atoms with Gasteiger partial charge < -0.3 is 9.73 Å². The third-order valence-electron chi connectivity index (χ3n) is 5.70. The number of hydrogen-bond acceptors (Lipinski definition) is 5. The maximum Gasteiger partial charge on any atom is 0.264 e. The number of pyridine rings is 1. The number of halogens is 3. The summed E-state index contributed by atoms with van der Waals surface area (Å²) in [7, 11) is 0. The summed E-state index contributed by atoms with van der Waals surface area (Å²) >= 11 is 3.42. The Balaban J connectivity index is 1.39. The lowest BCUT2D eigenvalue weighted by atomic mass is 10.1. The quantitative estimate of drug-likeness (QED) is 0.271. The van der Waals surface area contributed by atoms with Crippen LogP contribution in [0.25, 0.3) is 22.5 Å². The summed E-state index contributed by atoms with van der Waals surface area (Å²) < 4.78 is 37.2. The van der Waals surface area contributed by atoms with E-state index in [-0.39, 0.29) is 28.8 Å². The topological polar surface area (TPSA) is 90.8 Å². The van der Waals surface area contributed by atoms with Crippen LogP contribution < -0.4 is 5.32 Å². The van der Waals surface area contributed by atoms with Crippen LogP contribution in [0.2, 0.25) is 0 Å². The number of furan rings is 1. The fraction of sp³-hybridized carbons (Fsp3) is 0.200. The lowest BCUT2D eigenvalue weighted by Crippen LogP contribution is -2.20. The van der Waals surface area contributed by atoms with Crippen molar-refractivity contribution in [3.63, 3.8) is 0 Å². The summed E-state index contributed by atoms with van der Waals surface area (Å²) in [6.45, 7) is 3.84. The number of carbonyl (C=O) groups excluding carboxylic acids is 1. The highest BCUT2D eigenvalue weighted by molar-refractivity contribution is 9.10. The Hall–Kier alpha value is -3.86. The van der Waals surface area contributed by atoms with Gasteiger partial charge in [0.1, 0.15) is 12.2 Å². The van der Waals surface area contributed by atoms with Crippen LogP contribution in [0.4, 0.5) is 14.6 Å². The number of alkyl halides is 2. The molecular weight excluding hydrogens is 534 g/mol. The Morgan fingerprint density at radius 3 is 2.58 bits per heavy atom. The molecule has 11 heteroatoms. The van der Waals surface area contributed by atoms with E-state index >= 15 is 0 Å². The number of aryl methyl sites for hydroxylation is 2. The zero-order valence-corrected chi connectivity index (χ0v) is 21.0. The van der Waals surface area contributed by atoms with Crippen LogP contribution in [0.5, 0.6) is 0 Å². The molecule has 0 fully saturated rings. The minimum Gasteiger partial charge on any atom is -0.463 e. The van der Waals surface area contributed by atoms with Crippen LogP contribution in [-0.2, 0) is 17.9 Å². The molecule has 1 N–H and O–H groups in total. The Bertz CT molecular complexity index is 1540. The molecule has 5 aromatic rings. The summed E-state index contributed by atoms with van der Waals surface area (Å²) in [5.41, 5.74) is 2.52. The van der Waals surface area contributed by atoms with Gasteiger partial charge in [-0.1, -0.05) is 28.1 Å². The number of benzene rings is 1. The number of nitrogens with zero attached hydrogens (tertiary/aromatic N) is 5. The van der Waals surface area contributed by atoms with E-state index in [1.165, 1.54) is 17.0 Å². The predicted molar refractivity (Wildman–Crippen MR) is 134 cm³/mol. The Morgan fingerprint density at radius 1 is 1.11 bits per heavy atom. The van der Waals surface area contributed by atoms with Gasteiger partial charge in [-0.25, -0.2) is 18.4 Å². The predicted octanol–water partition coefficient (Wildman–Crippen LogP) is 5.89. The number of hydrogen-bond donors (Lipinski definition) is 1. The monoisotopic (exact) mass is 554 g/mol. The Kier molecular flexibility index (Phi) is 6.40. The number of anilines is 1. The highest BCUT2D eigenvalue weighted by atomic mass is 79.9. The molecule has 0 spiro atoms. The molecule has 1 amide bonds. The largest absolute Gasteiger partial charge is 0.463 e. The van der Waals surface area contributed by atoms with Crippen LogP contribution in [0.15, 0.2) is 63.7 Å². The third-order valence-corrected chi connectivity index (χ3v) is 6.23. The number of amides is 1. The van der Waals surface area contributed by atoms with E-state index in [2.05, 4.69) is 36.4 Å². The molecule has 5 rings (SSSR count). The minimum atomic E-state index is -2.74. The lowest BCUT2D eigenvalue weighted by Gasteiger charge is -2.07. The molecular formula is C25H21BrF2N6O2. The first-order chi connectivity index (χ1) is 17.3. The van der Waals surface area contributed by atoms with Crippen LogP contribution in [-0.4, -0.2) is 30.5 Å². The minimum absolute atomic E-state index is 0.184. The summed E-state index contributed by atoms with van der Waals surface area (Å²) in [5.74, 6) is 0.331. The second-order valence-electron chi connectivity index (χ2n) is 8.32. The molecule has 0 radical (unpaired) electrons. The standard InChI is InChI=1S/C25H21BrF2N6O2/c1-14-10-21(32-33(14)12-16-5-7-17(26)8-6-16)30-22(35)13-34-25-23(15(2)31-34)18(24(27)28)11-19(29-25)20-4-3-9-36-20/h3-11,24H,12-13H2,1-2H3,(H,30,32,35). The maximum absolute atomic E-state index is 13.9. The molecule has 0 aliphatic rings.